The van der Waals surface area contributed by atoms with E-state index < -0.39 is 12.0 Å². The molecule has 1 aromatic heterocycles. The summed E-state index contributed by atoms with van der Waals surface area (Å²) in [5.41, 5.74) is 7.91. The molecule has 0 bridgehead atoms. The van der Waals surface area contributed by atoms with Crippen LogP contribution >= 0.6 is 0 Å². The molecule has 0 aliphatic heterocycles. The maximum Gasteiger partial charge on any atom is 0.246 e. The average molecular weight is 463 g/mol. The predicted octanol–water partition coefficient (Wildman–Crippen LogP) is 3.71. The van der Waals surface area contributed by atoms with Crippen LogP contribution < -0.4 is 16.4 Å². The first-order valence-corrected chi connectivity index (χ1v) is 11.4. The molecule has 8 nitrogen and oxygen atoms in total. The van der Waals surface area contributed by atoms with Crippen LogP contribution in [0, 0.1) is 0 Å². The van der Waals surface area contributed by atoms with Gasteiger partial charge in [-0.1, -0.05) is 43.2 Å². The third kappa shape index (κ3) is 6.86. The second-order valence-corrected chi connectivity index (χ2v) is 8.28. The number of aliphatic hydroxyl groups excluding tert-OH is 1. The number of nitrogens with two attached hydrogens (primary N) is 1. The van der Waals surface area contributed by atoms with Gasteiger partial charge in [-0.05, 0) is 49.6 Å². The van der Waals surface area contributed by atoms with E-state index in [0.29, 0.717) is 37.1 Å². The van der Waals surface area contributed by atoms with E-state index in [-0.39, 0.29) is 17.7 Å². The molecule has 0 saturated carbocycles. The summed E-state index contributed by atoms with van der Waals surface area (Å²) in [7, 11) is 0. The lowest BCUT2D eigenvalue weighted by Crippen LogP contribution is -2.27. The van der Waals surface area contributed by atoms with Gasteiger partial charge in [-0.2, -0.15) is 0 Å². The molecule has 3 rings (SSSR count). The number of hydrogen-bond donors (Lipinski definition) is 4. The molecule has 0 aliphatic carbocycles. The Hall–Kier alpha value is -3.78. The molecule has 2 aromatic carbocycles. The summed E-state index contributed by atoms with van der Waals surface area (Å²) in [5, 5.41) is 16.1. The minimum atomic E-state index is -1.12. The number of anilines is 2. The van der Waals surface area contributed by atoms with Gasteiger partial charge in [-0.25, -0.2) is 0 Å². The highest BCUT2D eigenvalue weighted by Crippen LogP contribution is 2.24. The number of carbonyl (C=O) groups is 3. The van der Waals surface area contributed by atoms with E-state index in [9.17, 15) is 19.5 Å². The maximum absolute atomic E-state index is 12.8. The molecule has 34 heavy (non-hydrogen) atoms. The fourth-order valence-electron chi connectivity index (χ4n) is 3.62. The molecule has 178 valence electrons. The van der Waals surface area contributed by atoms with Crippen molar-refractivity contribution in [3.63, 3.8) is 0 Å². The lowest BCUT2D eigenvalue weighted by Gasteiger charge is -2.14. The Morgan fingerprint density at radius 2 is 1.71 bits per heavy atom. The molecule has 0 radical (unpaired) electrons. The number of benzene rings is 2. The lowest BCUT2D eigenvalue weighted by atomic mass is 9.99. The van der Waals surface area contributed by atoms with Gasteiger partial charge < -0.3 is 21.5 Å². The average Bonchev–Trinajstić information content (AvgIpc) is 2.83. The van der Waals surface area contributed by atoms with Gasteiger partial charge in [0.25, 0.3) is 0 Å². The SMILES string of the molecule is CC(C(=O)Nc1cccc2cccnc12)c1ccc(NC(=O)CCCCCC(O)C(N)=O)cc1. The van der Waals surface area contributed by atoms with Crippen molar-refractivity contribution in [2.24, 2.45) is 5.73 Å². The highest BCUT2D eigenvalue weighted by Gasteiger charge is 2.17. The zero-order chi connectivity index (χ0) is 24.5. The van der Waals surface area contributed by atoms with Crippen molar-refractivity contribution in [3.05, 3.63) is 66.4 Å². The topological polar surface area (TPSA) is 134 Å². The summed E-state index contributed by atoms with van der Waals surface area (Å²) in [4.78, 5) is 40.1. The van der Waals surface area contributed by atoms with Gasteiger partial charge in [-0.15, -0.1) is 0 Å². The fourth-order valence-corrected chi connectivity index (χ4v) is 3.62. The predicted molar refractivity (Wildman–Crippen MR) is 132 cm³/mol. The Morgan fingerprint density at radius 1 is 0.971 bits per heavy atom. The molecule has 0 saturated heterocycles. The third-order valence-corrected chi connectivity index (χ3v) is 5.69. The van der Waals surface area contributed by atoms with Crippen LogP contribution in [0.3, 0.4) is 0 Å². The Balaban J connectivity index is 1.48. The van der Waals surface area contributed by atoms with Crippen molar-refractivity contribution in [1.29, 1.82) is 0 Å². The highest BCUT2D eigenvalue weighted by atomic mass is 16.3. The van der Waals surface area contributed by atoms with Crippen molar-refractivity contribution in [3.8, 4) is 0 Å². The van der Waals surface area contributed by atoms with E-state index in [4.69, 9.17) is 5.73 Å². The molecular formula is C26H30N4O4. The van der Waals surface area contributed by atoms with E-state index >= 15 is 0 Å². The van der Waals surface area contributed by atoms with Crippen molar-refractivity contribution in [2.75, 3.05) is 10.6 Å². The number of fused-ring (bicyclic) bond motifs is 1. The molecule has 3 aromatic rings. The lowest BCUT2D eigenvalue weighted by molar-refractivity contribution is -0.126. The molecule has 0 aliphatic rings. The zero-order valence-electron chi connectivity index (χ0n) is 19.2. The smallest absolute Gasteiger partial charge is 0.246 e. The van der Waals surface area contributed by atoms with Crippen LogP contribution in [0.5, 0.6) is 0 Å². The van der Waals surface area contributed by atoms with Crippen LogP contribution in [-0.4, -0.2) is 33.9 Å². The second-order valence-electron chi connectivity index (χ2n) is 8.28. The molecule has 3 amide bonds. The van der Waals surface area contributed by atoms with Crippen LogP contribution in [0.15, 0.2) is 60.8 Å². The van der Waals surface area contributed by atoms with Crippen LogP contribution in [0.25, 0.3) is 10.9 Å². The Morgan fingerprint density at radius 3 is 2.44 bits per heavy atom. The Kier molecular flexibility index (Phi) is 8.70. The largest absolute Gasteiger partial charge is 0.383 e. The Bertz CT molecular complexity index is 1140. The van der Waals surface area contributed by atoms with E-state index in [1.807, 2.05) is 49.4 Å². The van der Waals surface area contributed by atoms with Gasteiger partial charge in [0.15, 0.2) is 0 Å². The number of aliphatic hydroxyl groups is 1. The number of primary amides is 1. The second kappa shape index (κ2) is 11.9. The normalized spacial score (nSPS) is 12.6. The number of nitrogens with one attached hydrogen (secondary N) is 2. The van der Waals surface area contributed by atoms with Crippen LogP contribution in [0.1, 0.15) is 50.5 Å². The summed E-state index contributed by atoms with van der Waals surface area (Å²) in [6.45, 7) is 1.83. The van der Waals surface area contributed by atoms with Gasteiger partial charge in [0.2, 0.25) is 17.7 Å². The number of para-hydroxylation sites is 1. The minimum Gasteiger partial charge on any atom is -0.383 e. The first-order chi connectivity index (χ1) is 16.3. The number of carbonyl (C=O) groups excluding carboxylic acids is 3. The van der Waals surface area contributed by atoms with Crippen molar-refractivity contribution < 1.29 is 19.5 Å². The molecule has 5 N–H and O–H groups in total. The molecule has 1 heterocycles. The van der Waals surface area contributed by atoms with Gasteiger partial charge in [-0.3, -0.25) is 19.4 Å². The van der Waals surface area contributed by atoms with Crippen molar-refractivity contribution >= 4 is 40.0 Å². The number of nitrogens with zero attached hydrogens (tertiary/aromatic N) is 1. The summed E-state index contributed by atoms with van der Waals surface area (Å²) in [6.07, 6.45) is 3.21. The number of amides is 3. The van der Waals surface area contributed by atoms with Gasteiger partial charge in [0.05, 0.1) is 17.1 Å². The van der Waals surface area contributed by atoms with Crippen molar-refractivity contribution in [1.82, 2.24) is 4.98 Å². The molecule has 2 atom stereocenters. The van der Waals surface area contributed by atoms with Gasteiger partial charge >= 0.3 is 0 Å². The van der Waals surface area contributed by atoms with E-state index in [1.54, 1.807) is 18.3 Å². The number of unbranched alkanes of at least 4 members (excludes halogenated alkanes) is 2. The maximum atomic E-state index is 12.8. The first kappa shape index (κ1) is 24.9. The Labute approximate surface area is 198 Å². The fraction of sp³-hybridized carbons (Fsp3) is 0.308. The van der Waals surface area contributed by atoms with E-state index in [1.165, 1.54) is 0 Å². The molecule has 0 fully saturated rings. The number of pyridine rings is 1. The van der Waals surface area contributed by atoms with Crippen LogP contribution in [0.2, 0.25) is 0 Å². The molecule has 8 heteroatoms. The monoisotopic (exact) mass is 462 g/mol. The molecule has 0 spiro atoms. The van der Waals surface area contributed by atoms with Crippen LogP contribution in [0.4, 0.5) is 11.4 Å². The van der Waals surface area contributed by atoms with Gasteiger partial charge in [0, 0.05) is 23.7 Å². The zero-order valence-corrected chi connectivity index (χ0v) is 19.2. The minimum absolute atomic E-state index is 0.113. The van der Waals surface area contributed by atoms with Gasteiger partial charge in [0.1, 0.15) is 6.10 Å². The first-order valence-electron chi connectivity index (χ1n) is 11.4. The summed E-state index contributed by atoms with van der Waals surface area (Å²) >= 11 is 0. The number of aromatic nitrogens is 1. The molecule has 2 unspecified atom stereocenters. The molecular weight excluding hydrogens is 432 g/mol. The highest BCUT2D eigenvalue weighted by molar-refractivity contribution is 6.02. The summed E-state index contributed by atoms with van der Waals surface area (Å²) in [6, 6.07) is 16.7. The summed E-state index contributed by atoms with van der Waals surface area (Å²) < 4.78 is 0. The number of rotatable bonds is 11. The van der Waals surface area contributed by atoms with E-state index in [2.05, 4.69) is 15.6 Å². The standard InChI is InChI=1S/C26H30N4O4/c1-17(26(34)30-21-9-5-7-19-8-6-16-28-24(19)21)18-12-14-20(15-13-18)29-23(32)11-4-2-3-10-22(31)25(27)33/h5-9,12-17,22,31H,2-4,10-11H2,1H3,(H2,27,33)(H,29,32)(H,30,34). The summed E-state index contributed by atoms with van der Waals surface area (Å²) in [5.74, 6) is -1.37. The number of hydrogen-bond acceptors (Lipinski definition) is 5. The van der Waals surface area contributed by atoms with Crippen molar-refractivity contribution in [2.45, 2.75) is 51.0 Å². The van der Waals surface area contributed by atoms with E-state index in [0.717, 1.165) is 22.9 Å². The van der Waals surface area contributed by atoms with Crippen LogP contribution in [-0.2, 0) is 14.4 Å². The third-order valence-electron chi connectivity index (χ3n) is 5.69. The quantitative estimate of drug-likeness (QED) is 0.322.